The first kappa shape index (κ1) is 20.9. The third-order valence-electron chi connectivity index (χ3n) is 4.34. The van der Waals surface area contributed by atoms with Gasteiger partial charge in [0.05, 0.1) is 22.3 Å². The van der Waals surface area contributed by atoms with E-state index in [0.717, 1.165) is 25.8 Å². The predicted octanol–water partition coefficient (Wildman–Crippen LogP) is 6.39. The Kier molecular flexibility index (Phi) is 6.89. The van der Waals surface area contributed by atoms with Crippen molar-refractivity contribution in [1.82, 2.24) is 0 Å². The third-order valence-corrected chi connectivity index (χ3v) is 5.14. The van der Waals surface area contributed by atoms with E-state index in [4.69, 9.17) is 9.47 Å². The normalized spacial score (nSPS) is 11.1. The topological polar surface area (TPSA) is 42.2 Å². The molecule has 0 spiro atoms. The van der Waals surface area contributed by atoms with Gasteiger partial charge in [0.25, 0.3) is 0 Å². The second kappa shape index (κ2) is 9.57. The highest BCUT2D eigenvalue weighted by Gasteiger charge is 2.12. The number of allylic oxidation sites excluding steroid dienone is 1. The Morgan fingerprint density at radius 2 is 1.79 bits per heavy atom. The van der Waals surface area contributed by atoms with Gasteiger partial charge in [0.2, 0.25) is 0 Å². The van der Waals surface area contributed by atoms with Crippen molar-refractivity contribution in [2.24, 2.45) is 0 Å². The Labute approximate surface area is 183 Å². The Morgan fingerprint density at radius 3 is 2.41 bits per heavy atom. The van der Waals surface area contributed by atoms with Crippen LogP contribution in [-0.2, 0) is 6.61 Å². The minimum Gasteiger partial charge on any atom is -0.493 e. The van der Waals surface area contributed by atoms with Crippen LogP contribution in [0.2, 0.25) is 0 Å². The molecule has 0 aliphatic rings. The van der Waals surface area contributed by atoms with Crippen LogP contribution >= 0.6 is 22.6 Å². The van der Waals surface area contributed by atoms with Crippen LogP contribution in [0.3, 0.4) is 0 Å². The van der Waals surface area contributed by atoms with Crippen LogP contribution in [0.25, 0.3) is 11.6 Å². The summed E-state index contributed by atoms with van der Waals surface area (Å²) in [6.07, 6.45) is 1.83. The number of benzene rings is 3. The van der Waals surface area contributed by atoms with E-state index < -0.39 is 0 Å². The molecule has 0 aliphatic carbocycles. The van der Waals surface area contributed by atoms with Crippen LogP contribution in [0, 0.1) is 27.6 Å². The third kappa shape index (κ3) is 5.36. The Hall–Kier alpha value is -2.85. The van der Waals surface area contributed by atoms with Crippen molar-refractivity contribution in [3.05, 3.63) is 92.3 Å². The van der Waals surface area contributed by atoms with E-state index in [2.05, 4.69) is 28.7 Å². The molecular formula is C24H19FINO2. The zero-order valence-electron chi connectivity index (χ0n) is 16.1. The molecule has 0 N–H and O–H groups in total. The molecule has 29 heavy (non-hydrogen) atoms. The monoisotopic (exact) mass is 499 g/mol. The largest absolute Gasteiger partial charge is 0.493 e. The molecule has 0 saturated carbocycles. The van der Waals surface area contributed by atoms with Crippen LogP contribution in [-0.4, -0.2) is 7.11 Å². The van der Waals surface area contributed by atoms with E-state index in [9.17, 15) is 9.65 Å². The lowest BCUT2D eigenvalue weighted by atomic mass is 10.0. The molecule has 0 unspecified atom stereocenters. The fourth-order valence-electron chi connectivity index (χ4n) is 2.78. The van der Waals surface area contributed by atoms with Crippen molar-refractivity contribution in [3.63, 3.8) is 0 Å². The zero-order chi connectivity index (χ0) is 20.8. The van der Waals surface area contributed by atoms with Gasteiger partial charge in [-0.25, -0.2) is 4.39 Å². The van der Waals surface area contributed by atoms with Crippen LogP contribution in [0.15, 0.2) is 60.7 Å². The Morgan fingerprint density at radius 1 is 1.10 bits per heavy atom. The number of rotatable bonds is 6. The maximum atomic E-state index is 13.1. The number of hydrogen-bond acceptors (Lipinski definition) is 3. The molecule has 0 saturated heterocycles. The molecule has 3 aromatic rings. The molecule has 146 valence electrons. The van der Waals surface area contributed by atoms with E-state index in [1.807, 2.05) is 49.4 Å². The lowest BCUT2D eigenvalue weighted by Gasteiger charge is -2.14. The van der Waals surface area contributed by atoms with E-state index >= 15 is 0 Å². The molecule has 3 aromatic carbocycles. The number of methoxy groups -OCH3 is 1. The van der Waals surface area contributed by atoms with Gasteiger partial charge in [-0.05, 0) is 76.5 Å². The highest BCUT2D eigenvalue weighted by molar-refractivity contribution is 14.1. The minimum absolute atomic E-state index is 0.279. The lowest BCUT2D eigenvalue weighted by Crippen LogP contribution is -2.00. The number of aryl methyl sites for hydroxylation is 1. The molecule has 5 heteroatoms. The van der Waals surface area contributed by atoms with Crippen LogP contribution < -0.4 is 9.47 Å². The fourth-order valence-corrected chi connectivity index (χ4v) is 3.56. The van der Waals surface area contributed by atoms with Crippen LogP contribution in [0.5, 0.6) is 11.5 Å². The summed E-state index contributed by atoms with van der Waals surface area (Å²) in [6.45, 7) is 2.31. The standard InChI is InChI=1S/C24H19FINO2/c1-16-3-7-19(8-4-16)20(14-27)11-18-12-22(26)24(23(13-18)28-2)29-15-17-5-9-21(25)10-6-17/h3-13H,15H2,1-2H3/b20-11-. The number of hydrogen-bond donors (Lipinski definition) is 0. The number of nitrogens with zero attached hydrogens (tertiary/aromatic N) is 1. The summed E-state index contributed by atoms with van der Waals surface area (Å²) >= 11 is 2.18. The number of nitriles is 1. The molecule has 0 heterocycles. The van der Waals surface area contributed by atoms with E-state index in [1.54, 1.807) is 19.2 Å². The van der Waals surface area contributed by atoms with Crippen molar-refractivity contribution in [3.8, 4) is 17.6 Å². The van der Waals surface area contributed by atoms with Crippen molar-refractivity contribution in [1.29, 1.82) is 5.26 Å². The van der Waals surface area contributed by atoms with Gasteiger partial charge < -0.3 is 9.47 Å². The Balaban J connectivity index is 1.88. The second-order valence-corrected chi connectivity index (χ2v) is 7.65. The number of halogens is 2. The molecule has 0 aliphatic heterocycles. The van der Waals surface area contributed by atoms with Gasteiger partial charge in [0, 0.05) is 0 Å². The number of ether oxygens (including phenoxy) is 2. The molecule has 0 atom stereocenters. The van der Waals surface area contributed by atoms with E-state index in [0.29, 0.717) is 23.7 Å². The van der Waals surface area contributed by atoms with E-state index in [1.165, 1.54) is 12.1 Å². The molecule has 0 radical (unpaired) electrons. The SMILES string of the molecule is COc1cc(/C=C(/C#N)c2ccc(C)cc2)cc(I)c1OCc1ccc(F)cc1. The molecule has 3 rings (SSSR count). The van der Waals surface area contributed by atoms with Gasteiger partial charge >= 0.3 is 0 Å². The summed E-state index contributed by atoms with van der Waals surface area (Å²) in [7, 11) is 1.58. The summed E-state index contributed by atoms with van der Waals surface area (Å²) in [5.74, 6) is 0.911. The average molecular weight is 499 g/mol. The van der Waals surface area contributed by atoms with Gasteiger partial charge in [0.1, 0.15) is 12.4 Å². The quantitative estimate of drug-likeness (QED) is 0.224. The van der Waals surface area contributed by atoms with Crippen molar-refractivity contribution < 1.29 is 13.9 Å². The first-order chi connectivity index (χ1) is 14.0. The Bertz CT molecular complexity index is 1070. The maximum absolute atomic E-state index is 13.1. The maximum Gasteiger partial charge on any atom is 0.174 e. The van der Waals surface area contributed by atoms with Crippen molar-refractivity contribution >= 4 is 34.2 Å². The average Bonchev–Trinajstić information content (AvgIpc) is 2.72. The van der Waals surface area contributed by atoms with Gasteiger partial charge in [-0.1, -0.05) is 42.0 Å². The summed E-state index contributed by atoms with van der Waals surface area (Å²) in [5, 5.41) is 9.59. The highest BCUT2D eigenvalue weighted by atomic mass is 127. The van der Waals surface area contributed by atoms with Crippen molar-refractivity contribution in [2.45, 2.75) is 13.5 Å². The summed E-state index contributed by atoms with van der Waals surface area (Å²) < 4.78 is 25.4. The molecule has 0 fully saturated rings. The summed E-state index contributed by atoms with van der Waals surface area (Å²) in [6, 6.07) is 20.1. The molecule has 3 nitrogen and oxygen atoms in total. The highest BCUT2D eigenvalue weighted by Crippen LogP contribution is 2.35. The van der Waals surface area contributed by atoms with E-state index in [-0.39, 0.29) is 5.82 Å². The molecule has 0 bridgehead atoms. The molecule has 0 amide bonds. The second-order valence-electron chi connectivity index (χ2n) is 6.49. The molecular weight excluding hydrogens is 480 g/mol. The van der Waals surface area contributed by atoms with Crippen LogP contribution in [0.1, 0.15) is 22.3 Å². The zero-order valence-corrected chi connectivity index (χ0v) is 18.2. The predicted molar refractivity (Wildman–Crippen MR) is 121 cm³/mol. The lowest BCUT2D eigenvalue weighted by molar-refractivity contribution is 0.282. The summed E-state index contributed by atoms with van der Waals surface area (Å²) in [4.78, 5) is 0. The van der Waals surface area contributed by atoms with Gasteiger partial charge in [-0.2, -0.15) is 5.26 Å². The van der Waals surface area contributed by atoms with Gasteiger partial charge in [0.15, 0.2) is 11.5 Å². The first-order valence-corrected chi connectivity index (χ1v) is 10.0. The first-order valence-electron chi connectivity index (χ1n) is 8.94. The van der Waals surface area contributed by atoms with Crippen molar-refractivity contribution in [2.75, 3.05) is 7.11 Å². The van der Waals surface area contributed by atoms with Crippen LogP contribution in [0.4, 0.5) is 4.39 Å². The summed E-state index contributed by atoms with van der Waals surface area (Å²) in [5.41, 5.74) is 4.29. The minimum atomic E-state index is -0.279. The van der Waals surface area contributed by atoms with Gasteiger partial charge in [-0.15, -0.1) is 0 Å². The van der Waals surface area contributed by atoms with Gasteiger partial charge in [-0.3, -0.25) is 0 Å². The fraction of sp³-hybridized carbons (Fsp3) is 0.125. The smallest absolute Gasteiger partial charge is 0.174 e. The molecule has 0 aromatic heterocycles.